The van der Waals surface area contributed by atoms with Crippen molar-refractivity contribution in [2.45, 2.75) is 6.92 Å². The molecule has 0 saturated carbocycles. The zero-order valence-electron chi connectivity index (χ0n) is 12.2. The Labute approximate surface area is 128 Å². The van der Waals surface area contributed by atoms with Gasteiger partial charge in [-0.1, -0.05) is 5.46 Å². The molecule has 0 spiro atoms. The molecule has 0 N–H and O–H groups in total. The van der Waals surface area contributed by atoms with Crippen LogP contribution in [0.3, 0.4) is 0 Å². The van der Waals surface area contributed by atoms with Crippen molar-refractivity contribution in [2.75, 3.05) is 0 Å². The number of hydrogen-bond donors (Lipinski definition) is 0. The summed E-state index contributed by atoms with van der Waals surface area (Å²) in [6, 6.07) is 8.08. The second-order valence-electron chi connectivity index (χ2n) is 5.40. The number of aromatic nitrogens is 3. The van der Waals surface area contributed by atoms with E-state index in [1.165, 1.54) is 0 Å². The topological polar surface area (TPSA) is 66.9 Å². The summed E-state index contributed by atoms with van der Waals surface area (Å²) in [5.41, 5.74) is 5.97. The smallest absolute Gasteiger partial charge is 0.213 e. The molecule has 0 bridgehead atoms. The minimum atomic E-state index is 0.562. The van der Waals surface area contributed by atoms with Crippen molar-refractivity contribution in [3.8, 4) is 17.3 Å². The first kappa shape index (κ1) is 12.8. The first-order valence-corrected chi connectivity index (χ1v) is 6.92. The number of hydrogen-bond acceptors (Lipinski definition) is 4. The fourth-order valence-corrected chi connectivity index (χ4v) is 2.77. The van der Waals surface area contributed by atoms with Crippen molar-refractivity contribution >= 4 is 34.9 Å². The fraction of sp³-hybridized carbons (Fsp3) is 0.125. The molecule has 2 aromatic heterocycles. The number of aliphatic imine (C=N–C) groups is 1. The van der Waals surface area contributed by atoms with E-state index >= 15 is 0 Å². The number of benzene rings is 1. The van der Waals surface area contributed by atoms with Gasteiger partial charge in [0.25, 0.3) is 0 Å². The molecule has 3 heterocycles. The first-order chi connectivity index (χ1) is 10.6. The van der Waals surface area contributed by atoms with Gasteiger partial charge in [0.15, 0.2) is 0 Å². The number of rotatable bonds is 1. The number of nitrogens with zero attached hydrogens (tertiary/aromatic N) is 5. The van der Waals surface area contributed by atoms with Crippen LogP contribution in [0.4, 0.5) is 5.69 Å². The Kier molecular flexibility index (Phi) is 2.63. The number of nitriles is 1. The molecule has 1 aromatic carbocycles. The van der Waals surface area contributed by atoms with Crippen LogP contribution in [0.25, 0.3) is 22.2 Å². The zero-order chi connectivity index (χ0) is 15.3. The predicted molar refractivity (Wildman–Crippen MR) is 86.8 cm³/mol. The Hall–Kier alpha value is -2.94. The van der Waals surface area contributed by atoms with Gasteiger partial charge in [-0.15, -0.1) is 0 Å². The number of pyridine rings is 1. The minimum Gasteiger partial charge on any atom is -0.275 e. The molecule has 0 unspecified atom stereocenters. The van der Waals surface area contributed by atoms with Crippen molar-refractivity contribution in [1.29, 1.82) is 5.26 Å². The Balaban J connectivity index is 1.89. The van der Waals surface area contributed by atoms with Crippen LogP contribution in [0.1, 0.15) is 12.5 Å². The first-order valence-electron chi connectivity index (χ1n) is 6.92. The largest absolute Gasteiger partial charge is 0.275 e. The quantitative estimate of drug-likeness (QED) is 0.641. The minimum absolute atomic E-state index is 0.562. The van der Waals surface area contributed by atoms with Crippen LogP contribution in [0.2, 0.25) is 0 Å². The Bertz CT molecular complexity index is 994. The second kappa shape index (κ2) is 4.53. The molecule has 6 heteroatoms. The molecular formula is C16H11BN5. The zero-order valence-corrected chi connectivity index (χ0v) is 12.2. The van der Waals surface area contributed by atoms with E-state index in [1.54, 1.807) is 10.9 Å². The highest BCUT2D eigenvalue weighted by Gasteiger charge is 2.16. The highest BCUT2D eigenvalue weighted by atomic mass is 15.2. The maximum Gasteiger partial charge on any atom is 0.213 e. The van der Waals surface area contributed by atoms with Crippen LogP contribution in [0.15, 0.2) is 35.6 Å². The van der Waals surface area contributed by atoms with Crippen LogP contribution in [0, 0.1) is 11.3 Å². The van der Waals surface area contributed by atoms with Gasteiger partial charge >= 0.3 is 0 Å². The number of aryl methyl sites for hydroxylation is 1. The third kappa shape index (κ3) is 1.91. The lowest BCUT2D eigenvalue weighted by molar-refractivity contribution is 0.779. The molecule has 103 valence electrons. The van der Waals surface area contributed by atoms with Crippen LogP contribution < -0.4 is 5.46 Å². The maximum absolute atomic E-state index is 9.36. The van der Waals surface area contributed by atoms with Crippen molar-refractivity contribution in [2.24, 2.45) is 12.0 Å². The van der Waals surface area contributed by atoms with E-state index in [-0.39, 0.29) is 0 Å². The van der Waals surface area contributed by atoms with Gasteiger partial charge in [-0.2, -0.15) is 10.4 Å². The third-order valence-corrected chi connectivity index (χ3v) is 3.71. The van der Waals surface area contributed by atoms with Crippen LogP contribution >= 0.6 is 0 Å². The Morgan fingerprint density at radius 3 is 2.95 bits per heavy atom. The van der Waals surface area contributed by atoms with Crippen LogP contribution in [-0.2, 0) is 7.05 Å². The summed E-state index contributed by atoms with van der Waals surface area (Å²) < 4.78 is 1.72. The lowest BCUT2D eigenvalue weighted by Gasteiger charge is -2.04. The maximum atomic E-state index is 9.36. The number of fused-ring (bicyclic) bond motifs is 2. The molecule has 22 heavy (non-hydrogen) atoms. The lowest BCUT2D eigenvalue weighted by atomic mass is 9.68. The molecule has 3 aromatic rings. The molecule has 1 radical (unpaired) electrons. The summed E-state index contributed by atoms with van der Waals surface area (Å²) in [5.74, 6) is 0. The molecule has 4 rings (SSSR count). The van der Waals surface area contributed by atoms with Crippen LogP contribution in [0.5, 0.6) is 0 Å². The summed E-state index contributed by atoms with van der Waals surface area (Å²) in [4.78, 5) is 8.89. The molecule has 0 saturated heterocycles. The SMILES string of the molecule is CC1=Nc2cnc(-c3cc(C#N)c4nn(C)cc4c3)cc2[B]1. The summed E-state index contributed by atoms with van der Waals surface area (Å²) in [7, 11) is 3.89. The summed E-state index contributed by atoms with van der Waals surface area (Å²) >= 11 is 0. The molecule has 0 atom stereocenters. The van der Waals surface area contributed by atoms with Gasteiger partial charge in [0.1, 0.15) is 11.6 Å². The fourth-order valence-electron chi connectivity index (χ4n) is 2.77. The molecular weight excluding hydrogens is 273 g/mol. The van der Waals surface area contributed by atoms with Gasteiger partial charge in [0.2, 0.25) is 7.28 Å². The van der Waals surface area contributed by atoms with E-state index in [0.29, 0.717) is 5.56 Å². The summed E-state index contributed by atoms with van der Waals surface area (Å²) in [5, 5.41) is 14.6. The second-order valence-corrected chi connectivity index (χ2v) is 5.40. The van der Waals surface area contributed by atoms with Gasteiger partial charge in [-0.05, 0) is 30.7 Å². The molecule has 1 aliphatic heterocycles. The summed E-state index contributed by atoms with van der Waals surface area (Å²) in [6.07, 6.45) is 3.68. The lowest BCUT2D eigenvalue weighted by Crippen LogP contribution is -2.16. The van der Waals surface area contributed by atoms with Crippen molar-refractivity contribution < 1.29 is 0 Å². The van der Waals surface area contributed by atoms with Gasteiger partial charge < -0.3 is 0 Å². The van der Waals surface area contributed by atoms with Crippen molar-refractivity contribution in [3.63, 3.8) is 0 Å². The molecule has 5 nitrogen and oxygen atoms in total. The van der Waals surface area contributed by atoms with Gasteiger partial charge in [0, 0.05) is 24.2 Å². The normalized spacial score (nSPS) is 12.7. The standard InChI is InChI=1S/C16H11BN5/c1-9-17-13-5-14(19-7-15(13)20-9)10-3-11(6-18)16-12(4-10)8-22(2)21-16/h3-5,7-8H,1-2H3. The van der Waals surface area contributed by atoms with Crippen LogP contribution in [-0.4, -0.2) is 27.7 Å². The van der Waals surface area contributed by atoms with E-state index < -0.39 is 0 Å². The van der Waals surface area contributed by atoms with Crippen molar-refractivity contribution in [3.05, 3.63) is 36.2 Å². The van der Waals surface area contributed by atoms with E-state index in [4.69, 9.17) is 0 Å². The molecule has 1 aliphatic rings. The highest BCUT2D eigenvalue weighted by Crippen LogP contribution is 2.26. The average molecular weight is 284 g/mol. The van der Waals surface area contributed by atoms with E-state index in [0.717, 1.165) is 38.9 Å². The molecule has 0 aliphatic carbocycles. The van der Waals surface area contributed by atoms with E-state index in [9.17, 15) is 5.26 Å². The molecule has 0 fully saturated rings. The third-order valence-electron chi connectivity index (χ3n) is 3.71. The van der Waals surface area contributed by atoms with Gasteiger partial charge in [-0.3, -0.25) is 14.7 Å². The van der Waals surface area contributed by atoms with E-state index in [2.05, 4.69) is 21.1 Å². The Morgan fingerprint density at radius 1 is 1.27 bits per heavy atom. The Morgan fingerprint density at radius 2 is 2.14 bits per heavy atom. The average Bonchev–Trinajstić information content (AvgIpc) is 3.05. The monoisotopic (exact) mass is 284 g/mol. The van der Waals surface area contributed by atoms with Gasteiger partial charge in [-0.25, -0.2) is 0 Å². The van der Waals surface area contributed by atoms with Crippen molar-refractivity contribution in [1.82, 2.24) is 14.8 Å². The highest BCUT2D eigenvalue weighted by molar-refractivity contribution is 6.87. The van der Waals surface area contributed by atoms with E-state index in [1.807, 2.05) is 45.6 Å². The predicted octanol–water partition coefficient (Wildman–Crippen LogP) is 1.90. The molecule has 0 amide bonds. The summed E-state index contributed by atoms with van der Waals surface area (Å²) in [6.45, 7) is 1.97. The van der Waals surface area contributed by atoms with Gasteiger partial charge in [0.05, 0.1) is 23.1 Å².